The minimum absolute atomic E-state index is 0.379. The van der Waals surface area contributed by atoms with Crippen LogP contribution in [0.1, 0.15) is 5.69 Å². The molecule has 4 rings (SSSR count). The topological polar surface area (TPSA) is 65.2 Å². The zero-order valence-electron chi connectivity index (χ0n) is 12.8. The molecule has 0 amide bonds. The quantitative estimate of drug-likeness (QED) is 0.504. The van der Waals surface area contributed by atoms with Crippen molar-refractivity contribution in [1.82, 2.24) is 24.6 Å². The number of aryl methyl sites for hydroxylation is 1. The van der Waals surface area contributed by atoms with Gasteiger partial charge in [0.05, 0.1) is 34.5 Å². The average Bonchev–Trinajstić information content (AvgIpc) is 2.97. The van der Waals surface area contributed by atoms with Crippen LogP contribution < -0.4 is 4.74 Å². The van der Waals surface area contributed by atoms with Crippen LogP contribution in [0.4, 0.5) is 0 Å². The molecule has 0 saturated heterocycles. The molecule has 0 aliphatic heterocycles. The zero-order valence-corrected chi connectivity index (χ0v) is 15.1. The normalized spacial score (nSPS) is 11.3. The highest BCUT2D eigenvalue weighted by molar-refractivity contribution is 9.10. The van der Waals surface area contributed by atoms with Crippen molar-refractivity contribution in [2.24, 2.45) is 0 Å². The summed E-state index contributed by atoms with van der Waals surface area (Å²) in [5, 5.41) is 4.60. The summed E-state index contributed by atoms with van der Waals surface area (Å²) in [6.45, 7) is 1.91. The van der Waals surface area contributed by atoms with Crippen LogP contribution in [0.3, 0.4) is 0 Å². The maximum absolute atomic E-state index is 5.99. The Morgan fingerprint density at radius 3 is 2.75 bits per heavy atom. The fraction of sp³-hybridized carbons (Fsp3) is 0.125. The van der Waals surface area contributed by atoms with Crippen molar-refractivity contribution in [3.05, 3.63) is 45.8 Å². The van der Waals surface area contributed by atoms with Crippen LogP contribution in [0.2, 0.25) is 5.15 Å². The first kappa shape index (κ1) is 15.3. The number of ether oxygens (including phenoxy) is 1. The number of hydrogen-bond donors (Lipinski definition) is 0. The number of imidazole rings is 1. The summed E-state index contributed by atoms with van der Waals surface area (Å²) in [5.74, 6) is 0.734. The Kier molecular flexibility index (Phi) is 3.62. The van der Waals surface area contributed by atoms with E-state index in [2.05, 4.69) is 31.0 Å². The first-order valence-corrected chi connectivity index (χ1v) is 8.26. The largest absolute Gasteiger partial charge is 0.497 e. The molecule has 0 saturated carbocycles. The minimum Gasteiger partial charge on any atom is -0.497 e. The SMILES string of the molecule is COc1ccc2nc(C)c(-c3cn4nc(Cl)cc(Br)c4n3)nc2c1. The molecule has 0 aliphatic rings. The Hall–Kier alpha value is -2.25. The Bertz CT molecular complexity index is 1090. The molecule has 6 nitrogen and oxygen atoms in total. The van der Waals surface area contributed by atoms with Crippen molar-refractivity contribution >= 4 is 44.2 Å². The van der Waals surface area contributed by atoms with Crippen LogP contribution in [0.5, 0.6) is 5.75 Å². The van der Waals surface area contributed by atoms with Crippen molar-refractivity contribution < 1.29 is 4.74 Å². The van der Waals surface area contributed by atoms with Gasteiger partial charge in [0.2, 0.25) is 0 Å². The molecule has 0 bridgehead atoms. The summed E-state index contributed by atoms with van der Waals surface area (Å²) >= 11 is 9.44. The van der Waals surface area contributed by atoms with E-state index in [0.717, 1.165) is 26.9 Å². The number of nitrogens with zero attached hydrogens (tertiary/aromatic N) is 5. The van der Waals surface area contributed by atoms with Crippen molar-refractivity contribution in [3.8, 4) is 17.1 Å². The van der Waals surface area contributed by atoms with Crippen LogP contribution in [-0.4, -0.2) is 31.7 Å². The smallest absolute Gasteiger partial charge is 0.168 e. The molecule has 0 fully saturated rings. The minimum atomic E-state index is 0.379. The van der Waals surface area contributed by atoms with Crippen LogP contribution in [0.15, 0.2) is 34.9 Å². The molecule has 0 unspecified atom stereocenters. The van der Waals surface area contributed by atoms with Gasteiger partial charge in [-0.05, 0) is 41.1 Å². The second-order valence-electron chi connectivity index (χ2n) is 5.22. The number of methoxy groups -OCH3 is 1. The second-order valence-corrected chi connectivity index (χ2v) is 6.46. The van der Waals surface area contributed by atoms with E-state index < -0.39 is 0 Å². The van der Waals surface area contributed by atoms with E-state index in [0.29, 0.717) is 22.2 Å². The molecule has 0 radical (unpaired) electrons. The van der Waals surface area contributed by atoms with Gasteiger partial charge in [-0.3, -0.25) is 0 Å². The Labute approximate surface area is 150 Å². The number of halogens is 2. The van der Waals surface area contributed by atoms with Gasteiger partial charge in [0.15, 0.2) is 10.8 Å². The summed E-state index contributed by atoms with van der Waals surface area (Å²) in [6, 6.07) is 7.31. The third-order valence-corrected chi connectivity index (χ3v) is 4.41. The number of aromatic nitrogens is 5. The van der Waals surface area contributed by atoms with Crippen LogP contribution in [0.25, 0.3) is 28.1 Å². The predicted molar refractivity (Wildman–Crippen MR) is 95.5 cm³/mol. The number of benzene rings is 1. The highest BCUT2D eigenvalue weighted by atomic mass is 79.9. The van der Waals surface area contributed by atoms with E-state index in [1.165, 1.54) is 0 Å². The lowest BCUT2D eigenvalue weighted by Gasteiger charge is -2.05. The lowest BCUT2D eigenvalue weighted by atomic mass is 10.2. The molecule has 1 aromatic carbocycles. The van der Waals surface area contributed by atoms with Gasteiger partial charge < -0.3 is 4.74 Å². The summed E-state index contributed by atoms with van der Waals surface area (Å²) in [7, 11) is 1.62. The van der Waals surface area contributed by atoms with Gasteiger partial charge >= 0.3 is 0 Å². The van der Waals surface area contributed by atoms with Gasteiger partial charge in [-0.15, -0.1) is 0 Å². The van der Waals surface area contributed by atoms with Crippen LogP contribution >= 0.6 is 27.5 Å². The maximum atomic E-state index is 5.99. The molecule has 3 aromatic heterocycles. The van der Waals surface area contributed by atoms with E-state index in [1.54, 1.807) is 23.9 Å². The second kappa shape index (κ2) is 5.68. The maximum Gasteiger partial charge on any atom is 0.168 e. The first-order valence-electron chi connectivity index (χ1n) is 7.09. The highest BCUT2D eigenvalue weighted by Crippen LogP contribution is 2.27. The summed E-state index contributed by atoms with van der Waals surface area (Å²) in [5.41, 5.74) is 4.39. The summed E-state index contributed by atoms with van der Waals surface area (Å²) in [6.07, 6.45) is 1.79. The molecule has 4 aromatic rings. The van der Waals surface area contributed by atoms with Gasteiger partial charge in [-0.25, -0.2) is 19.5 Å². The number of fused-ring (bicyclic) bond motifs is 2. The monoisotopic (exact) mass is 403 g/mol. The van der Waals surface area contributed by atoms with Gasteiger partial charge in [-0.1, -0.05) is 11.6 Å². The van der Waals surface area contributed by atoms with Crippen molar-refractivity contribution in [2.45, 2.75) is 6.92 Å². The van der Waals surface area contributed by atoms with E-state index in [1.807, 2.05) is 25.1 Å². The highest BCUT2D eigenvalue weighted by Gasteiger charge is 2.14. The molecule has 0 N–H and O–H groups in total. The molecular weight excluding hydrogens is 394 g/mol. The average molecular weight is 405 g/mol. The third-order valence-electron chi connectivity index (χ3n) is 3.64. The lowest BCUT2D eigenvalue weighted by Crippen LogP contribution is -1.95. The summed E-state index contributed by atoms with van der Waals surface area (Å²) in [4.78, 5) is 13.9. The molecule has 8 heteroatoms. The Balaban J connectivity index is 1.95. The fourth-order valence-corrected chi connectivity index (χ4v) is 3.33. The standard InChI is InChI=1S/C16H11BrClN5O/c1-8-15(20-12-5-9(24-2)3-4-11(12)19-8)13-7-23-16(21-13)10(17)6-14(18)22-23/h3-7H,1-2H3. The number of rotatable bonds is 2. The Morgan fingerprint density at radius 2 is 1.96 bits per heavy atom. The first-order chi connectivity index (χ1) is 11.5. The van der Waals surface area contributed by atoms with Crippen LogP contribution in [-0.2, 0) is 0 Å². The molecule has 0 atom stereocenters. The molecule has 24 heavy (non-hydrogen) atoms. The molecule has 120 valence electrons. The fourth-order valence-electron chi connectivity index (χ4n) is 2.52. The third kappa shape index (κ3) is 2.50. The van der Waals surface area contributed by atoms with Crippen molar-refractivity contribution in [2.75, 3.05) is 7.11 Å². The van der Waals surface area contributed by atoms with E-state index in [4.69, 9.17) is 21.3 Å². The summed E-state index contributed by atoms with van der Waals surface area (Å²) < 4.78 is 7.65. The number of hydrogen-bond acceptors (Lipinski definition) is 5. The van der Waals surface area contributed by atoms with Crippen LogP contribution in [0, 0.1) is 6.92 Å². The van der Waals surface area contributed by atoms with Crippen molar-refractivity contribution in [3.63, 3.8) is 0 Å². The van der Waals surface area contributed by atoms with Crippen molar-refractivity contribution in [1.29, 1.82) is 0 Å². The van der Waals surface area contributed by atoms with Gasteiger partial charge in [0, 0.05) is 6.07 Å². The molecular formula is C16H11BrClN5O. The molecule has 0 spiro atoms. The molecule has 0 aliphatic carbocycles. The van der Waals surface area contributed by atoms with E-state index in [-0.39, 0.29) is 0 Å². The van der Waals surface area contributed by atoms with Gasteiger partial charge in [-0.2, -0.15) is 5.10 Å². The Morgan fingerprint density at radius 1 is 1.12 bits per heavy atom. The van der Waals surface area contributed by atoms with Gasteiger partial charge in [0.25, 0.3) is 0 Å². The van der Waals surface area contributed by atoms with E-state index >= 15 is 0 Å². The zero-order chi connectivity index (χ0) is 16.8. The lowest BCUT2D eigenvalue weighted by molar-refractivity contribution is 0.415. The predicted octanol–water partition coefficient (Wildman–Crippen LogP) is 4.07. The molecule has 3 heterocycles. The van der Waals surface area contributed by atoms with Gasteiger partial charge in [0.1, 0.15) is 17.1 Å². The van der Waals surface area contributed by atoms with E-state index in [9.17, 15) is 0 Å².